The molecule has 2 amide bonds. The molecule has 1 fully saturated rings. The van der Waals surface area contributed by atoms with E-state index in [9.17, 15) is 18.4 Å². The summed E-state index contributed by atoms with van der Waals surface area (Å²) in [6.07, 6.45) is 1.04. The lowest BCUT2D eigenvalue weighted by atomic mass is 9.95. The van der Waals surface area contributed by atoms with E-state index in [1.807, 2.05) is 0 Å². The molecule has 3 rings (SSSR count). The molecule has 0 atom stereocenters. The van der Waals surface area contributed by atoms with Crippen molar-refractivity contribution < 1.29 is 32.6 Å². The maximum Gasteiger partial charge on any atom is 0.387 e. The van der Waals surface area contributed by atoms with Crippen molar-refractivity contribution in [2.75, 3.05) is 27.3 Å². The number of hydrogen-bond acceptors (Lipinski definition) is 5. The molecule has 0 saturated carbocycles. The first-order chi connectivity index (χ1) is 15.8. The van der Waals surface area contributed by atoms with Crippen molar-refractivity contribution in [3.05, 3.63) is 52.5 Å². The topological polar surface area (TPSA) is 77.1 Å². The molecule has 7 nitrogen and oxygen atoms in total. The fraction of sp³-hybridized carbons (Fsp3) is 0.391. The van der Waals surface area contributed by atoms with Crippen LogP contribution in [0.2, 0.25) is 5.02 Å². The van der Waals surface area contributed by atoms with E-state index in [4.69, 9.17) is 21.1 Å². The molecule has 0 unspecified atom stereocenters. The maximum absolute atomic E-state index is 12.9. The second-order valence-electron chi connectivity index (χ2n) is 7.49. The van der Waals surface area contributed by atoms with Gasteiger partial charge in [0.2, 0.25) is 5.91 Å². The Bertz CT molecular complexity index is 997. The molecule has 178 valence electrons. The fourth-order valence-corrected chi connectivity index (χ4v) is 3.88. The van der Waals surface area contributed by atoms with Crippen molar-refractivity contribution in [3.63, 3.8) is 0 Å². The molecule has 10 heteroatoms. The smallest absolute Gasteiger partial charge is 0.387 e. The zero-order valence-electron chi connectivity index (χ0n) is 18.3. The number of nitrogens with one attached hydrogen (secondary N) is 1. The number of nitrogens with zero attached hydrogens (tertiary/aromatic N) is 1. The lowest BCUT2D eigenvalue weighted by Gasteiger charge is -2.31. The molecule has 2 aromatic rings. The first-order valence-electron chi connectivity index (χ1n) is 10.3. The number of amides is 2. The van der Waals surface area contributed by atoms with E-state index >= 15 is 0 Å². The number of benzene rings is 2. The molecule has 0 bridgehead atoms. The third-order valence-corrected chi connectivity index (χ3v) is 5.69. The SMILES string of the molecule is COc1cc(CNC(=O)C2CCN(C(=O)c3cc(Cl)ccc3OC)CC2)ccc1OC(F)F. The zero-order chi connectivity index (χ0) is 24.0. The van der Waals surface area contributed by atoms with E-state index in [1.165, 1.54) is 26.4 Å². The average Bonchev–Trinajstić information content (AvgIpc) is 2.82. The Balaban J connectivity index is 1.54. The van der Waals surface area contributed by atoms with E-state index < -0.39 is 6.61 Å². The van der Waals surface area contributed by atoms with Gasteiger partial charge in [-0.3, -0.25) is 9.59 Å². The summed E-state index contributed by atoms with van der Waals surface area (Å²) in [6.45, 7) is -1.88. The molecule has 0 aromatic heterocycles. The normalized spacial score (nSPS) is 14.2. The van der Waals surface area contributed by atoms with E-state index in [2.05, 4.69) is 10.1 Å². The number of carbonyl (C=O) groups excluding carboxylic acids is 2. The van der Waals surface area contributed by atoms with Gasteiger partial charge in [0.05, 0.1) is 19.8 Å². The lowest BCUT2D eigenvalue weighted by Crippen LogP contribution is -2.43. The van der Waals surface area contributed by atoms with Crippen LogP contribution in [0.3, 0.4) is 0 Å². The average molecular weight is 483 g/mol. The summed E-state index contributed by atoms with van der Waals surface area (Å²) < 4.78 is 39.7. The van der Waals surface area contributed by atoms with Gasteiger partial charge in [-0.25, -0.2) is 0 Å². The number of likely N-dealkylation sites (tertiary alicyclic amines) is 1. The summed E-state index contributed by atoms with van der Waals surface area (Å²) in [7, 11) is 2.84. The number of piperidine rings is 1. The second-order valence-corrected chi connectivity index (χ2v) is 7.93. The van der Waals surface area contributed by atoms with E-state index in [1.54, 1.807) is 29.2 Å². The van der Waals surface area contributed by atoms with Crippen LogP contribution in [-0.2, 0) is 11.3 Å². The molecule has 1 N–H and O–H groups in total. The van der Waals surface area contributed by atoms with Gasteiger partial charge in [-0.1, -0.05) is 17.7 Å². The van der Waals surface area contributed by atoms with Crippen LogP contribution in [0.4, 0.5) is 8.78 Å². The van der Waals surface area contributed by atoms with Crippen LogP contribution in [0, 0.1) is 5.92 Å². The summed E-state index contributed by atoms with van der Waals surface area (Å²) in [4.78, 5) is 27.2. The van der Waals surface area contributed by atoms with Crippen molar-refractivity contribution in [1.29, 1.82) is 0 Å². The Morgan fingerprint density at radius 2 is 1.73 bits per heavy atom. The van der Waals surface area contributed by atoms with Gasteiger partial charge in [-0.2, -0.15) is 8.78 Å². The monoisotopic (exact) mass is 482 g/mol. The number of rotatable bonds is 8. The summed E-state index contributed by atoms with van der Waals surface area (Å²) >= 11 is 6.03. The minimum atomic E-state index is -2.96. The number of halogens is 3. The molecule has 1 aliphatic rings. The first-order valence-corrected chi connectivity index (χ1v) is 10.7. The molecule has 1 heterocycles. The second kappa shape index (κ2) is 11.2. The molecule has 2 aromatic carbocycles. The largest absolute Gasteiger partial charge is 0.496 e. The van der Waals surface area contributed by atoms with Crippen molar-refractivity contribution in [3.8, 4) is 17.2 Å². The minimum absolute atomic E-state index is 0.0732. The Labute approximate surface area is 195 Å². The predicted octanol–water partition coefficient (Wildman–Crippen LogP) is 4.13. The molecule has 1 saturated heterocycles. The van der Waals surface area contributed by atoms with Gasteiger partial charge in [0, 0.05) is 30.6 Å². The highest BCUT2D eigenvalue weighted by Crippen LogP contribution is 2.30. The fourth-order valence-electron chi connectivity index (χ4n) is 3.71. The number of alkyl halides is 2. The van der Waals surface area contributed by atoms with Gasteiger partial charge in [-0.05, 0) is 48.7 Å². The third-order valence-electron chi connectivity index (χ3n) is 5.46. The number of hydrogen-bond donors (Lipinski definition) is 1. The third kappa shape index (κ3) is 6.25. The summed E-state index contributed by atoms with van der Waals surface area (Å²) in [5, 5.41) is 3.30. The van der Waals surface area contributed by atoms with Gasteiger partial charge < -0.3 is 24.4 Å². The van der Waals surface area contributed by atoms with E-state index in [-0.39, 0.29) is 35.8 Å². The van der Waals surface area contributed by atoms with Crippen LogP contribution >= 0.6 is 11.6 Å². The Morgan fingerprint density at radius 1 is 1.06 bits per heavy atom. The van der Waals surface area contributed by atoms with Crippen LogP contribution in [0.15, 0.2) is 36.4 Å². The molecular weight excluding hydrogens is 458 g/mol. The molecular formula is C23H25ClF2N2O5. The summed E-state index contributed by atoms with van der Waals surface area (Å²) in [5.74, 6) is -0.0229. The summed E-state index contributed by atoms with van der Waals surface area (Å²) in [5.41, 5.74) is 1.07. The Hall–Kier alpha value is -3.07. The highest BCUT2D eigenvalue weighted by atomic mass is 35.5. The van der Waals surface area contributed by atoms with Crippen LogP contribution in [-0.4, -0.2) is 50.6 Å². The van der Waals surface area contributed by atoms with E-state index in [0.717, 1.165) is 0 Å². The maximum atomic E-state index is 12.9. The molecule has 0 spiro atoms. The lowest BCUT2D eigenvalue weighted by molar-refractivity contribution is -0.126. The van der Waals surface area contributed by atoms with Crippen LogP contribution in [0.5, 0.6) is 17.2 Å². The Kier molecular flexibility index (Phi) is 8.32. The van der Waals surface area contributed by atoms with Crippen LogP contribution in [0.25, 0.3) is 0 Å². The number of carbonyl (C=O) groups is 2. The van der Waals surface area contributed by atoms with Crippen molar-refractivity contribution >= 4 is 23.4 Å². The summed E-state index contributed by atoms with van der Waals surface area (Å²) in [6, 6.07) is 9.38. The van der Waals surface area contributed by atoms with Gasteiger partial charge in [-0.15, -0.1) is 0 Å². The number of ether oxygens (including phenoxy) is 3. The molecule has 0 radical (unpaired) electrons. The molecule has 0 aliphatic carbocycles. The van der Waals surface area contributed by atoms with Gasteiger partial charge in [0.1, 0.15) is 5.75 Å². The van der Waals surface area contributed by atoms with Gasteiger partial charge in [0.25, 0.3) is 5.91 Å². The van der Waals surface area contributed by atoms with Crippen LogP contribution in [0.1, 0.15) is 28.8 Å². The highest BCUT2D eigenvalue weighted by Gasteiger charge is 2.29. The molecule has 33 heavy (non-hydrogen) atoms. The van der Waals surface area contributed by atoms with Gasteiger partial charge in [0.15, 0.2) is 11.5 Å². The highest BCUT2D eigenvalue weighted by molar-refractivity contribution is 6.31. The zero-order valence-corrected chi connectivity index (χ0v) is 19.0. The quantitative estimate of drug-likeness (QED) is 0.612. The van der Waals surface area contributed by atoms with Crippen molar-refractivity contribution in [2.45, 2.75) is 26.0 Å². The van der Waals surface area contributed by atoms with Crippen molar-refractivity contribution in [2.24, 2.45) is 5.92 Å². The Morgan fingerprint density at radius 3 is 2.36 bits per heavy atom. The van der Waals surface area contributed by atoms with Crippen molar-refractivity contribution in [1.82, 2.24) is 10.2 Å². The van der Waals surface area contributed by atoms with E-state index in [0.29, 0.717) is 47.8 Å². The van der Waals surface area contributed by atoms with Gasteiger partial charge >= 0.3 is 6.61 Å². The first kappa shape index (κ1) is 24.6. The molecule has 1 aliphatic heterocycles. The van der Waals surface area contributed by atoms with Crippen LogP contribution < -0.4 is 19.5 Å². The minimum Gasteiger partial charge on any atom is -0.496 e. The standard InChI is InChI=1S/C23H25ClF2N2O5/c1-31-18-6-4-16(24)12-17(18)22(30)28-9-7-15(8-10-28)21(29)27-13-14-3-5-19(33-23(25)26)20(11-14)32-2/h3-6,11-12,15,23H,7-10,13H2,1-2H3,(H,27,29). The number of methoxy groups -OCH3 is 2. The predicted molar refractivity (Wildman–Crippen MR) is 118 cm³/mol.